The number of hydrogen-bond acceptors (Lipinski definition) is 4. The van der Waals surface area contributed by atoms with Crippen molar-refractivity contribution >= 4 is 21.8 Å². The molecule has 1 aromatic carbocycles. The van der Waals surface area contributed by atoms with Crippen LogP contribution in [0.25, 0.3) is 0 Å². The Morgan fingerprint density at radius 3 is 2.50 bits per heavy atom. The highest BCUT2D eigenvalue weighted by atomic mass is 79.9. The van der Waals surface area contributed by atoms with E-state index >= 15 is 0 Å². The van der Waals surface area contributed by atoms with Gasteiger partial charge < -0.3 is 14.1 Å². The van der Waals surface area contributed by atoms with Crippen molar-refractivity contribution in [3.8, 4) is 5.75 Å². The fourth-order valence-electron chi connectivity index (χ4n) is 2.20. The number of halogens is 1. The Labute approximate surface area is 151 Å². The van der Waals surface area contributed by atoms with Gasteiger partial charge in [-0.3, -0.25) is 9.69 Å². The molecule has 0 N–H and O–H groups in total. The van der Waals surface area contributed by atoms with Gasteiger partial charge in [0.05, 0.1) is 19.6 Å². The van der Waals surface area contributed by atoms with Crippen molar-refractivity contribution in [2.45, 2.75) is 13.5 Å². The predicted molar refractivity (Wildman–Crippen MR) is 97.1 cm³/mol. The average Bonchev–Trinajstić information content (AvgIpc) is 2.93. The van der Waals surface area contributed by atoms with Crippen LogP contribution in [0.5, 0.6) is 5.75 Å². The van der Waals surface area contributed by atoms with Gasteiger partial charge in [-0.1, -0.05) is 15.9 Å². The van der Waals surface area contributed by atoms with Gasteiger partial charge in [0.15, 0.2) is 0 Å². The zero-order chi connectivity index (χ0) is 17.5. The predicted octanol–water partition coefficient (Wildman–Crippen LogP) is 3.32. The molecule has 0 saturated heterocycles. The van der Waals surface area contributed by atoms with E-state index in [1.807, 2.05) is 55.3 Å². The van der Waals surface area contributed by atoms with E-state index < -0.39 is 0 Å². The van der Waals surface area contributed by atoms with Gasteiger partial charge in [0.25, 0.3) is 0 Å². The molecule has 0 unspecified atom stereocenters. The topological polar surface area (TPSA) is 45.9 Å². The summed E-state index contributed by atoms with van der Waals surface area (Å²) in [5, 5.41) is 0. The highest BCUT2D eigenvalue weighted by Gasteiger charge is 2.13. The molecule has 0 spiro atoms. The van der Waals surface area contributed by atoms with Crippen molar-refractivity contribution < 1.29 is 13.9 Å². The standard InChI is InChI=1S/C18H23BrN2O3/c1-14-4-7-17(24-14)12-20(2)13-18(22)21(3)10-11-23-16-8-5-15(19)6-9-16/h4-9H,10-13H2,1-3H3. The number of carbonyl (C=O) groups is 1. The number of likely N-dealkylation sites (N-methyl/N-ethyl adjacent to an activating group) is 2. The maximum atomic E-state index is 12.2. The first kappa shape index (κ1) is 18.5. The smallest absolute Gasteiger partial charge is 0.236 e. The Balaban J connectivity index is 1.70. The van der Waals surface area contributed by atoms with Crippen molar-refractivity contribution in [2.24, 2.45) is 0 Å². The van der Waals surface area contributed by atoms with Gasteiger partial charge in [-0.15, -0.1) is 0 Å². The molecule has 5 nitrogen and oxygen atoms in total. The van der Waals surface area contributed by atoms with Crippen molar-refractivity contribution in [1.29, 1.82) is 0 Å². The number of nitrogens with zero attached hydrogens (tertiary/aromatic N) is 2. The number of carbonyl (C=O) groups excluding carboxylic acids is 1. The summed E-state index contributed by atoms with van der Waals surface area (Å²) in [7, 11) is 3.69. The van der Waals surface area contributed by atoms with E-state index in [-0.39, 0.29) is 5.91 Å². The monoisotopic (exact) mass is 394 g/mol. The van der Waals surface area contributed by atoms with Crippen LogP contribution in [0, 0.1) is 6.92 Å². The molecule has 0 saturated carbocycles. The second-order valence-electron chi connectivity index (χ2n) is 5.80. The number of aryl methyl sites for hydroxylation is 1. The summed E-state index contributed by atoms with van der Waals surface area (Å²) < 4.78 is 12.2. The minimum Gasteiger partial charge on any atom is -0.492 e. The van der Waals surface area contributed by atoms with Crippen LogP contribution in [-0.4, -0.2) is 49.5 Å². The van der Waals surface area contributed by atoms with Gasteiger partial charge in [-0.25, -0.2) is 0 Å². The van der Waals surface area contributed by atoms with Crippen molar-refractivity contribution in [2.75, 3.05) is 33.8 Å². The molecule has 1 heterocycles. The molecule has 6 heteroatoms. The normalized spacial score (nSPS) is 10.9. The lowest BCUT2D eigenvalue weighted by Gasteiger charge is -2.21. The van der Waals surface area contributed by atoms with Crippen LogP contribution in [-0.2, 0) is 11.3 Å². The summed E-state index contributed by atoms with van der Waals surface area (Å²) >= 11 is 3.38. The third-order valence-electron chi connectivity index (χ3n) is 3.56. The molecule has 0 atom stereocenters. The fraction of sp³-hybridized carbons (Fsp3) is 0.389. The number of hydrogen-bond donors (Lipinski definition) is 0. The van der Waals surface area contributed by atoms with Crippen LogP contribution in [0.2, 0.25) is 0 Å². The molecular weight excluding hydrogens is 372 g/mol. The summed E-state index contributed by atoms with van der Waals surface area (Å²) in [6.07, 6.45) is 0. The highest BCUT2D eigenvalue weighted by Crippen LogP contribution is 2.16. The molecule has 0 aliphatic heterocycles. The summed E-state index contributed by atoms with van der Waals surface area (Å²) in [4.78, 5) is 15.8. The van der Waals surface area contributed by atoms with E-state index in [1.165, 1.54) is 0 Å². The van der Waals surface area contributed by atoms with Gasteiger partial charge in [0.2, 0.25) is 5.91 Å². The summed E-state index contributed by atoms with van der Waals surface area (Å²) in [5.41, 5.74) is 0. The maximum Gasteiger partial charge on any atom is 0.236 e. The number of furan rings is 1. The lowest BCUT2D eigenvalue weighted by molar-refractivity contribution is -0.131. The average molecular weight is 395 g/mol. The lowest BCUT2D eigenvalue weighted by Crippen LogP contribution is -2.38. The van der Waals surface area contributed by atoms with E-state index in [0.717, 1.165) is 21.7 Å². The quantitative estimate of drug-likeness (QED) is 0.688. The first-order valence-corrected chi connectivity index (χ1v) is 8.59. The second kappa shape index (κ2) is 8.89. The van der Waals surface area contributed by atoms with E-state index in [9.17, 15) is 4.79 Å². The Hall–Kier alpha value is -1.79. The minimum atomic E-state index is 0.0557. The fourth-order valence-corrected chi connectivity index (χ4v) is 2.46. The van der Waals surface area contributed by atoms with Gasteiger partial charge in [-0.2, -0.15) is 0 Å². The van der Waals surface area contributed by atoms with Gasteiger partial charge in [0, 0.05) is 11.5 Å². The number of rotatable bonds is 8. The number of amides is 1. The summed E-state index contributed by atoms with van der Waals surface area (Å²) in [6.45, 7) is 3.87. The molecule has 24 heavy (non-hydrogen) atoms. The first-order valence-electron chi connectivity index (χ1n) is 7.80. The maximum absolute atomic E-state index is 12.2. The zero-order valence-corrected chi connectivity index (χ0v) is 15.9. The van der Waals surface area contributed by atoms with Crippen LogP contribution in [0.3, 0.4) is 0 Å². The molecule has 1 amide bonds. The Kier molecular flexibility index (Phi) is 6.87. The van der Waals surface area contributed by atoms with Crippen molar-refractivity contribution in [1.82, 2.24) is 9.80 Å². The molecular formula is C18H23BrN2O3. The molecule has 0 radical (unpaired) electrons. The third-order valence-corrected chi connectivity index (χ3v) is 4.09. The number of benzene rings is 1. The molecule has 1 aromatic heterocycles. The van der Waals surface area contributed by atoms with Crippen LogP contribution in [0.4, 0.5) is 0 Å². The summed E-state index contributed by atoms with van der Waals surface area (Å²) in [6, 6.07) is 11.5. The molecule has 130 valence electrons. The van der Waals surface area contributed by atoms with Crippen molar-refractivity contribution in [3.05, 3.63) is 52.4 Å². The van der Waals surface area contributed by atoms with Gasteiger partial charge in [0.1, 0.15) is 23.9 Å². The van der Waals surface area contributed by atoms with Gasteiger partial charge in [-0.05, 0) is 50.4 Å². The Bertz CT molecular complexity index is 655. The minimum absolute atomic E-state index is 0.0557. The van der Waals surface area contributed by atoms with Crippen LogP contribution < -0.4 is 4.74 Å². The molecule has 0 fully saturated rings. The molecule has 2 aromatic rings. The zero-order valence-electron chi connectivity index (χ0n) is 14.3. The second-order valence-corrected chi connectivity index (χ2v) is 6.72. The Morgan fingerprint density at radius 1 is 1.17 bits per heavy atom. The molecule has 0 aliphatic rings. The third kappa shape index (κ3) is 6.02. The first-order chi connectivity index (χ1) is 11.4. The highest BCUT2D eigenvalue weighted by molar-refractivity contribution is 9.10. The lowest BCUT2D eigenvalue weighted by atomic mass is 10.3. The van der Waals surface area contributed by atoms with Crippen LogP contribution in [0.15, 0.2) is 45.3 Å². The van der Waals surface area contributed by atoms with E-state index in [0.29, 0.717) is 26.2 Å². The van der Waals surface area contributed by atoms with E-state index in [4.69, 9.17) is 9.15 Å². The van der Waals surface area contributed by atoms with Crippen molar-refractivity contribution in [3.63, 3.8) is 0 Å². The van der Waals surface area contributed by atoms with Crippen LogP contribution in [0.1, 0.15) is 11.5 Å². The Morgan fingerprint density at radius 2 is 1.88 bits per heavy atom. The number of ether oxygens (including phenoxy) is 1. The molecule has 0 aliphatic carbocycles. The van der Waals surface area contributed by atoms with Crippen LogP contribution >= 0.6 is 15.9 Å². The van der Waals surface area contributed by atoms with E-state index in [1.54, 1.807) is 11.9 Å². The summed E-state index contributed by atoms with van der Waals surface area (Å²) in [5.74, 6) is 2.60. The van der Waals surface area contributed by atoms with Gasteiger partial charge >= 0.3 is 0 Å². The molecule has 2 rings (SSSR count). The molecule has 0 bridgehead atoms. The largest absolute Gasteiger partial charge is 0.492 e. The SMILES string of the molecule is Cc1ccc(CN(C)CC(=O)N(C)CCOc2ccc(Br)cc2)o1. The van der Waals surface area contributed by atoms with E-state index in [2.05, 4.69) is 15.9 Å².